The molecule has 0 radical (unpaired) electrons. The molecule has 0 N–H and O–H groups in total. The maximum absolute atomic E-state index is 12.6. The van der Waals surface area contributed by atoms with Crippen molar-refractivity contribution >= 4 is 5.91 Å². The van der Waals surface area contributed by atoms with Gasteiger partial charge in [-0.3, -0.25) is 9.69 Å². The molecule has 1 fully saturated rings. The van der Waals surface area contributed by atoms with Crippen molar-refractivity contribution in [3.8, 4) is 0 Å². The van der Waals surface area contributed by atoms with Gasteiger partial charge in [-0.15, -0.1) is 5.10 Å². The van der Waals surface area contributed by atoms with E-state index in [0.717, 1.165) is 38.2 Å². The molecular formula is C18H34N6O. The van der Waals surface area contributed by atoms with Gasteiger partial charge in [0, 0.05) is 26.1 Å². The molecule has 1 aliphatic rings. The van der Waals surface area contributed by atoms with Gasteiger partial charge in [-0.05, 0) is 55.6 Å². The highest BCUT2D eigenvalue weighted by Gasteiger charge is 2.44. The van der Waals surface area contributed by atoms with Crippen LogP contribution in [0.4, 0.5) is 0 Å². The van der Waals surface area contributed by atoms with E-state index in [9.17, 15) is 4.79 Å². The molecule has 0 aromatic carbocycles. The molecule has 1 unspecified atom stereocenters. The molecule has 1 aromatic rings. The fourth-order valence-electron chi connectivity index (χ4n) is 3.54. The average Bonchev–Trinajstić information content (AvgIpc) is 3.01. The predicted molar refractivity (Wildman–Crippen MR) is 97.9 cm³/mol. The van der Waals surface area contributed by atoms with Gasteiger partial charge in [-0.2, -0.15) is 0 Å². The van der Waals surface area contributed by atoms with Crippen LogP contribution in [-0.2, 0) is 16.9 Å². The Labute approximate surface area is 151 Å². The minimum Gasteiger partial charge on any atom is -0.340 e. The number of aryl methyl sites for hydroxylation is 1. The standard InChI is InChI=1S/C18H34N6O/c1-14(2)8-11-24-17(19-20-21-24)18(22(5)6)9-7-10-23(13-18)16(25)12-15(3)4/h14-15H,7-13H2,1-6H3. The Balaban J connectivity index is 2.27. The number of rotatable bonds is 7. The number of likely N-dealkylation sites (N-methyl/N-ethyl adjacent to an activating group) is 1. The Morgan fingerprint density at radius 3 is 2.56 bits per heavy atom. The van der Waals surface area contributed by atoms with Crippen LogP contribution in [0.25, 0.3) is 0 Å². The first kappa shape index (κ1) is 19.8. The van der Waals surface area contributed by atoms with Gasteiger partial charge >= 0.3 is 0 Å². The van der Waals surface area contributed by atoms with Gasteiger partial charge in [0.15, 0.2) is 5.82 Å². The second kappa shape index (κ2) is 8.25. The van der Waals surface area contributed by atoms with E-state index in [1.54, 1.807) is 0 Å². The first-order valence-corrected chi connectivity index (χ1v) is 9.48. The third-order valence-corrected chi connectivity index (χ3v) is 5.13. The maximum Gasteiger partial charge on any atom is 0.222 e. The highest BCUT2D eigenvalue weighted by atomic mass is 16.2. The van der Waals surface area contributed by atoms with Crippen molar-refractivity contribution in [2.24, 2.45) is 11.8 Å². The lowest BCUT2D eigenvalue weighted by Gasteiger charge is -2.46. The summed E-state index contributed by atoms with van der Waals surface area (Å²) < 4.78 is 1.94. The van der Waals surface area contributed by atoms with Crippen molar-refractivity contribution in [2.75, 3.05) is 27.2 Å². The molecule has 1 aromatic heterocycles. The number of hydrogen-bond donors (Lipinski definition) is 0. The summed E-state index contributed by atoms with van der Waals surface area (Å²) in [4.78, 5) is 16.8. The van der Waals surface area contributed by atoms with Crippen molar-refractivity contribution in [1.29, 1.82) is 0 Å². The van der Waals surface area contributed by atoms with Gasteiger partial charge < -0.3 is 4.90 Å². The molecule has 25 heavy (non-hydrogen) atoms. The van der Waals surface area contributed by atoms with E-state index in [0.29, 0.717) is 24.8 Å². The molecule has 7 heteroatoms. The average molecular weight is 351 g/mol. The van der Waals surface area contributed by atoms with Crippen LogP contribution < -0.4 is 0 Å². The van der Waals surface area contributed by atoms with Gasteiger partial charge in [0.2, 0.25) is 5.91 Å². The first-order valence-electron chi connectivity index (χ1n) is 9.48. The zero-order valence-electron chi connectivity index (χ0n) is 16.7. The Bertz CT molecular complexity index is 568. The van der Waals surface area contributed by atoms with Gasteiger partial charge in [-0.1, -0.05) is 27.7 Å². The summed E-state index contributed by atoms with van der Waals surface area (Å²) in [6, 6.07) is 0. The van der Waals surface area contributed by atoms with E-state index in [-0.39, 0.29) is 11.4 Å². The number of tetrazole rings is 1. The third-order valence-electron chi connectivity index (χ3n) is 5.13. The molecule has 0 bridgehead atoms. The van der Waals surface area contributed by atoms with Crippen molar-refractivity contribution in [1.82, 2.24) is 30.0 Å². The van der Waals surface area contributed by atoms with Crippen molar-refractivity contribution in [3.05, 3.63) is 5.82 Å². The number of piperidine rings is 1. The van der Waals surface area contributed by atoms with Crippen LogP contribution in [0, 0.1) is 11.8 Å². The highest BCUT2D eigenvalue weighted by molar-refractivity contribution is 5.76. The Morgan fingerprint density at radius 2 is 1.96 bits per heavy atom. The lowest BCUT2D eigenvalue weighted by Crippen LogP contribution is -2.56. The largest absolute Gasteiger partial charge is 0.340 e. The van der Waals surface area contributed by atoms with E-state index < -0.39 is 0 Å². The molecule has 1 saturated heterocycles. The van der Waals surface area contributed by atoms with Crippen LogP contribution in [0.1, 0.15) is 59.2 Å². The van der Waals surface area contributed by atoms with Crippen LogP contribution in [0.5, 0.6) is 0 Å². The summed E-state index contributed by atoms with van der Waals surface area (Å²) >= 11 is 0. The zero-order valence-corrected chi connectivity index (χ0v) is 16.7. The topological polar surface area (TPSA) is 67.2 Å². The summed E-state index contributed by atoms with van der Waals surface area (Å²) in [6.07, 6.45) is 3.58. The normalized spacial score (nSPS) is 21.6. The van der Waals surface area contributed by atoms with Gasteiger partial charge in [-0.25, -0.2) is 4.68 Å². The van der Waals surface area contributed by atoms with Crippen molar-refractivity contribution in [2.45, 2.75) is 65.5 Å². The second-order valence-corrected chi connectivity index (χ2v) is 8.35. The fourth-order valence-corrected chi connectivity index (χ4v) is 3.54. The molecule has 0 spiro atoms. The van der Waals surface area contributed by atoms with Crippen molar-refractivity contribution < 1.29 is 4.79 Å². The van der Waals surface area contributed by atoms with Crippen LogP contribution in [0.3, 0.4) is 0 Å². The number of carbonyl (C=O) groups is 1. The van der Waals surface area contributed by atoms with Crippen LogP contribution in [-0.4, -0.2) is 63.1 Å². The van der Waals surface area contributed by atoms with Gasteiger partial charge in [0.05, 0.1) is 0 Å². The van der Waals surface area contributed by atoms with Crippen LogP contribution in [0.2, 0.25) is 0 Å². The molecule has 7 nitrogen and oxygen atoms in total. The smallest absolute Gasteiger partial charge is 0.222 e. The molecule has 2 heterocycles. The molecule has 1 atom stereocenters. The summed E-state index contributed by atoms with van der Waals surface area (Å²) in [5.41, 5.74) is -0.314. The van der Waals surface area contributed by atoms with E-state index in [2.05, 4.69) is 62.2 Å². The third kappa shape index (κ3) is 4.57. The Morgan fingerprint density at radius 1 is 1.24 bits per heavy atom. The molecule has 142 valence electrons. The van der Waals surface area contributed by atoms with Crippen LogP contribution >= 0.6 is 0 Å². The zero-order chi connectivity index (χ0) is 18.6. The number of amides is 1. The summed E-state index contributed by atoms with van der Waals surface area (Å²) in [7, 11) is 4.13. The van der Waals surface area contributed by atoms with Crippen LogP contribution in [0.15, 0.2) is 0 Å². The molecule has 1 amide bonds. The first-order chi connectivity index (χ1) is 11.8. The lowest BCUT2D eigenvalue weighted by atomic mass is 9.86. The van der Waals surface area contributed by atoms with E-state index >= 15 is 0 Å². The van der Waals surface area contributed by atoms with E-state index in [1.165, 1.54) is 0 Å². The predicted octanol–water partition coefficient (Wildman–Crippen LogP) is 2.14. The van der Waals surface area contributed by atoms with E-state index in [1.807, 2.05) is 9.58 Å². The van der Waals surface area contributed by atoms with E-state index in [4.69, 9.17) is 0 Å². The number of hydrogen-bond acceptors (Lipinski definition) is 5. The molecular weight excluding hydrogens is 316 g/mol. The number of likely N-dealkylation sites (tertiary alicyclic amines) is 1. The van der Waals surface area contributed by atoms with Gasteiger partial charge in [0.1, 0.15) is 5.54 Å². The summed E-state index contributed by atoms with van der Waals surface area (Å²) in [6.45, 7) is 10.9. The SMILES string of the molecule is CC(C)CCn1nnnc1C1(N(C)C)CCCN(C(=O)CC(C)C)C1. The molecule has 1 aliphatic heterocycles. The monoisotopic (exact) mass is 350 g/mol. The lowest BCUT2D eigenvalue weighted by molar-refractivity contribution is -0.136. The number of carbonyl (C=O) groups excluding carboxylic acids is 1. The quantitative estimate of drug-likeness (QED) is 0.754. The molecule has 2 rings (SSSR count). The second-order valence-electron chi connectivity index (χ2n) is 8.35. The fraction of sp³-hybridized carbons (Fsp3) is 0.889. The number of nitrogens with zero attached hydrogens (tertiary/aromatic N) is 6. The summed E-state index contributed by atoms with van der Waals surface area (Å²) in [5.74, 6) is 2.10. The van der Waals surface area contributed by atoms with Gasteiger partial charge in [0.25, 0.3) is 0 Å². The Kier molecular flexibility index (Phi) is 6.54. The van der Waals surface area contributed by atoms with Crippen molar-refractivity contribution in [3.63, 3.8) is 0 Å². The summed E-state index contributed by atoms with van der Waals surface area (Å²) in [5, 5.41) is 12.6. The molecule has 0 aliphatic carbocycles. The highest BCUT2D eigenvalue weighted by Crippen LogP contribution is 2.35. The Hall–Kier alpha value is -1.50. The minimum absolute atomic E-state index is 0.238. The maximum atomic E-state index is 12.6. The number of aromatic nitrogens is 4. The molecule has 0 saturated carbocycles. The minimum atomic E-state index is -0.314.